The van der Waals surface area contributed by atoms with E-state index in [9.17, 15) is 0 Å². The summed E-state index contributed by atoms with van der Waals surface area (Å²) >= 11 is 12.7. The van der Waals surface area contributed by atoms with Gasteiger partial charge in [-0.05, 0) is 42.3 Å². The number of hydrogen-bond donors (Lipinski definition) is 0. The van der Waals surface area contributed by atoms with E-state index in [1.807, 2.05) is 43.3 Å². The van der Waals surface area contributed by atoms with Gasteiger partial charge in [-0.3, -0.25) is 0 Å². The number of hydrogen-bond acceptors (Lipinski definition) is 2. The van der Waals surface area contributed by atoms with Crippen LogP contribution in [0, 0.1) is 0 Å². The topological polar surface area (TPSA) is 18.5 Å². The van der Waals surface area contributed by atoms with Crippen molar-refractivity contribution in [3.8, 4) is 11.5 Å². The molecule has 0 bridgehead atoms. The molecule has 2 aromatic carbocycles. The van der Waals surface area contributed by atoms with E-state index in [-0.39, 0.29) is 5.38 Å². The maximum atomic E-state index is 6.50. The summed E-state index contributed by atoms with van der Waals surface area (Å²) in [7, 11) is 1.61. The molecule has 0 amide bonds. The maximum Gasteiger partial charge on any atom is 0.120 e. The quantitative estimate of drug-likeness (QED) is 0.717. The highest BCUT2D eigenvalue weighted by atomic mass is 35.5. The van der Waals surface area contributed by atoms with Gasteiger partial charge in [0.15, 0.2) is 0 Å². The molecule has 0 aliphatic rings. The third-order valence-electron chi connectivity index (χ3n) is 2.96. The fourth-order valence-electron chi connectivity index (χ4n) is 1.92. The Morgan fingerprint density at radius 2 is 1.70 bits per heavy atom. The molecule has 2 rings (SSSR count). The molecule has 0 aromatic heterocycles. The van der Waals surface area contributed by atoms with Crippen LogP contribution in [0.25, 0.3) is 0 Å². The molecule has 0 saturated heterocycles. The Morgan fingerprint density at radius 1 is 1.05 bits per heavy atom. The molecule has 1 unspecified atom stereocenters. The van der Waals surface area contributed by atoms with Crippen molar-refractivity contribution in [1.82, 2.24) is 0 Å². The first kappa shape index (κ1) is 15.0. The van der Waals surface area contributed by atoms with Crippen LogP contribution in [-0.4, -0.2) is 13.7 Å². The second-order valence-electron chi connectivity index (χ2n) is 4.25. The Bertz CT molecular complexity index is 567. The molecule has 2 nitrogen and oxygen atoms in total. The van der Waals surface area contributed by atoms with Gasteiger partial charge in [0.05, 0.1) is 19.1 Å². The molecule has 0 radical (unpaired) electrons. The number of halogens is 2. The standard InChI is InChI=1S/C16H16Cl2O2/c1-3-20-12-6-4-11(5-7-12)16(18)14-9-8-13(19-2)10-15(14)17/h4-10,16H,3H2,1-2H3. The first-order chi connectivity index (χ1) is 9.65. The van der Waals surface area contributed by atoms with Gasteiger partial charge in [0.1, 0.15) is 11.5 Å². The zero-order valence-electron chi connectivity index (χ0n) is 11.4. The van der Waals surface area contributed by atoms with E-state index in [0.717, 1.165) is 16.9 Å². The van der Waals surface area contributed by atoms with Crippen molar-refractivity contribution in [2.75, 3.05) is 13.7 Å². The highest BCUT2D eigenvalue weighted by Gasteiger charge is 2.15. The van der Waals surface area contributed by atoms with Crippen LogP contribution in [0.2, 0.25) is 5.02 Å². The van der Waals surface area contributed by atoms with Crippen molar-refractivity contribution >= 4 is 23.2 Å². The lowest BCUT2D eigenvalue weighted by Gasteiger charge is -2.14. The summed E-state index contributed by atoms with van der Waals surface area (Å²) in [5, 5.41) is 0.294. The Morgan fingerprint density at radius 3 is 2.25 bits per heavy atom. The minimum atomic E-state index is -0.302. The van der Waals surface area contributed by atoms with Crippen LogP contribution in [0.3, 0.4) is 0 Å². The first-order valence-electron chi connectivity index (χ1n) is 6.36. The third kappa shape index (κ3) is 3.38. The Balaban J connectivity index is 2.24. The van der Waals surface area contributed by atoms with Gasteiger partial charge < -0.3 is 9.47 Å². The van der Waals surface area contributed by atoms with Gasteiger partial charge in [0.2, 0.25) is 0 Å². The Labute approximate surface area is 129 Å². The average molecular weight is 311 g/mol. The largest absolute Gasteiger partial charge is 0.497 e. The lowest BCUT2D eigenvalue weighted by Crippen LogP contribution is -1.96. The van der Waals surface area contributed by atoms with Crippen LogP contribution < -0.4 is 9.47 Å². The lowest BCUT2D eigenvalue weighted by molar-refractivity contribution is 0.340. The summed E-state index contributed by atoms with van der Waals surface area (Å²) in [5.41, 5.74) is 1.83. The molecule has 0 aliphatic heterocycles. The molecule has 0 N–H and O–H groups in total. The highest BCUT2D eigenvalue weighted by molar-refractivity contribution is 6.33. The Hall–Kier alpha value is -1.38. The predicted molar refractivity (Wildman–Crippen MR) is 83.3 cm³/mol. The van der Waals surface area contributed by atoms with Crippen molar-refractivity contribution in [3.05, 3.63) is 58.6 Å². The van der Waals surface area contributed by atoms with Crippen molar-refractivity contribution in [3.63, 3.8) is 0 Å². The van der Waals surface area contributed by atoms with Gasteiger partial charge in [-0.15, -0.1) is 11.6 Å². The minimum Gasteiger partial charge on any atom is -0.497 e. The Kier molecular flexibility index (Phi) is 5.16. The average Bonchev–Trinajstić information content (AvgIpc) is 2.47. The number of alkyl halides is 1. The molecule has 0 fully saturated rings. The van der Waals surface area contributed by atoms with E-state index in [0.29, 0.717) is 17.4 Å². The van der Waals surface area contributed by atoms with Gasteiger partial charge in [0, 0.05) is 5.02 Å². The minimum absolute atomic E-state index is 0.302. The molecule has 4 heteroatoms. The predicted octanol–water partition coefficient (Wildman–Crippen LogP) is 5.08. The van der Waals surface area contributed by atoms with Crippen molar-refractivity contribution in [2.24, 2.45) is 0 Å². The van der Waals surface area contributed by atoms with Crippen LogP contribution >= 0.6 is 23.2 Å². The summed E-state index contributed by atoms with van der Waals surface area (Å²) in [6, 6.07) is 13.2. The molecule has 0 saturated carbocycles. The lowest BCUT2D eigenvalue weighted by atomic mass is 10.0. The SMILES string of the molecule is CCOc1ccc(C(Cl)c2ccc(OC)cc2Cl)cc1. The summed E-state index contributed by atoms with van der Waals surface area (Å²) < 4.78 is 10.5. The van der Waals surface area contributed by atoms with Crippen molar-refractivity contribution < 1.29 is 9.47 Å². The second-order valence-corrected chi connectivity index (χ2v) is 5.10. The highest BCUT2D eigenvalue weighted by Crippen LogP contribution is 2.35. The van der Waals surface area contributed by atoms with Crippen molar-refractivity contribution in [1.29, 1.82) is 0 Å². The van der Waals surface area contributed by atoms with Gasteiger partial charge in [0.25, 0.3) is 0 Å². The number of methoxy groups -OCH3 is 1. The maximum absolute atomic E-state index is 6.50. The van der Waals surface area contributed by atoms with E-state index in [2.05, 4.69) is 0 Å². The fourth-order valence-corrected chi connectivity index (χ4v) is 2.59. The number of ether oxygens (including phenoxy) is 2. The van der Waals surface area contributed by atoms with Crippen LogP contribution in [0.15, 0.2) is 42.5 Å². The smallest absolute Gasteiger partial charge is 0.120 e. The number of benzene rings is 2. The van der Waals surface area contributed by atoms with E-state index >= 15 is 0 Å². The molecular weight excluding hydrogens is 295 g/mol. The van der Waals surface area contributed by atoms with Crippen LogP contribution in [0.4, 0.5) is 0 Å². The van der Waals surface area contributed by atoms with Gasteiger partial charge >= 0.3 is 0 Å². The van der Waals surface area contributed by atoms with Crippen LogP contribution in [-0.2, 0) is 0 Å². The monoisotopic (exact) mass is 310 g/mol. The van der Waals surface area contributed by atoms with Gasteiger partial charge in [-0.25, -0.2) is 0 Å². The van der Waals surface area contributed by atoms with E-state index in [1.54, 1.807) is 13.2 Å². The summed E-state index contributed by atoms with van der Waals surface area (Å²) in [6.07, 6.45) is 0. The summed E-state index contributed by atoms with van der Waals surface area (Å²) in [5.74, 6) is 1.55. The van der Waals surface area contributed by atoms with Crippen LogP contribution in [0.5, 0.6) is 11.5 Å². The number of rotatable bonds is 5. The normalized spacial score (nSPS) is 12.0. The second kappa shape index (κ2) is 6.87. The van der Waals surface area contributed by atoms with E-state index in [4.69, 9.17) is 32.7 Å². The fraction of sp³-hybridized carbons (Fsp3) is 0.250. The molecular formula is C16H16Cl2O2. The zero-order chi connectivity index (χ0) is 14.5. The first-order valence-corrected chi connectivity index (χ1v) is 7.17. The molecule has 1 atom stereocenters. The third-order valence-corrected chi connectivity index (χ3v) is 3.78. The van der Waals surface area contributed by atoms with Crippen LogP contribution in [0.1, 0.15) is 23.4 Å². The molecule has 0 aliphatic carbocycles. The van der Waals surface area contributed by atoms with E-state index in [1.165, 1.54) is 0 Å². The molecule has 0 spiro atoms. The van der Waals surface area contributed by atoms with E-state index < -0.39 is 0 Å². The van der Waals surface area contributed by atoms with Gasteiger partial charge in [-0.2, -0.15) is 0 Å². The van der Waals surface area contributed by atoms with Crippen molar-refractivity contribution in [2.45, 2.75) is 12.3 Å². The zero-order valence-corrected chi connectivity index (χ0v) is 12.9. The summed E-state index contributed by atoms with van der Waals surface area (Å²) in [6.45, 7) is 2.60. The molecule has 20 heavy (non-hydrogen) atoms. The molecule has 2 aromatic rings. The molecule has 106 valence electrons. The molecule has 0 heterocycles. The van der Waals surface area contributed by atoms with Gasteiger partial charge in [-0.1, -0.05) is 29.8 Å². The summed E-state index contributed by atoms with van der Waals surface area (Å²) in [4.78, 5) is 0.